The van der Waals surface area contributed by atoms with Crippen LogP contribution in [0.15, 0.2) is 30.3 Å². The van der Waals surface area contributed by atoms with Crippen molar-refractivity contribution in [2.24, 2.45) is 11.1 Å². The molecule has 0 aromatic heterocycles. The van der Waals surface area contributed by atoms with Gasteiger partial charge < -0.3 is 4.90 Å². The predicted molar refractivity (Wildman–Crippen MR) is 87.3 cm³/mol. The van der Waals surface area contributed by atoms with Gasteiger partial charge in [0, 0.05) is 31.0 Å². The maximum Gasteiger partial charge on any atom is 0.222 e. The van der Waals surface area contributed by atoms with Crippen molar-refractivity contribution in [3.05, 3.63) is 35.9 Å². The average molecular weight is 338 g/mol. The number of carbonyl (C=O) groups is 2. The second kappa shape index (κ2) is 7.70. The lowest BCUT2D eigenvalue weighted by Gasteiger charge is -2.32. The van der Waals surface area contributed by atoms with E-state index in [-0.39, 0.29) is 36.2 Å². The summed E-state index contributed by atoms with van der Waals surface area (Å²) in [4.78, 5) is 26.3. The van der Waals surface area contributed by atoms with Gasteiger partial charge in [0.2, 0.25) is 15.9 Å². The van der Waals surface area contributed by atoms with E-state index in [4.69, 9.17) is 5.14 Å². The number of primary sulfonamides is 1. The van der Waals surface area contributed by atoms with Crippen LogP contribution < -0.4 is 5.14 Å². The SMILES string of the molecule is NS(=O)(=O)CCCC(=O)N1CCCC(C(=O)c2ccccc2)C1. The van der Waals surface area contributed by atoms with Crippen LogP contribution in [0.1, 0.15) is 36.0 Å². The van der Waals surface area contributed by atoms with Crippen molar-refractivity contribution < 1.29 is 18.0 Å². The molecule has 6 nitrogen and oxygen atoms in total. The summed E-state index contributed by atoms with van der Waals surface area (Å²) in [6.07, 6.45) is 1.91. The highest BCUT2D eigenvalue weighted by Gasteiger charge is 2.28. The maximum absolute atomic E-state index is 12.5. The number of sulfonamides is 1. The highest BCUT2D eigenvalue weighted by Crippen LogP contribution is 2.21. The molecule has 1 aliphatic rings. The summed E-state index contributed by atoms with van der Waals surface area (Å²) in [6, 6.07) is 9.09. The summed E-state index contributed by atoms with van der Waals surface area (Å²) in [5, 5.41) is 4.93. The van der Waals surface area contributed by atoms with Gasteiger partial charge in [0.05, 0.1) is 5.75 Å². The largest absolute Gasteiger partial charge is 0.342 e. The van der Waals surface area contributed by atoms with Crippen LogP contribution in [0.5, 0.6) is 0 Å². The van der Waals surface area contributed by atoms with E-state index >= 15 is 0 Å². The van der Waals surface area contributed by atoms with Crippen LogP contribution in [-0.2, 0) is 14.8 Å². The van der Waals surface area contributed by atoms with Gasteiger partial charge in [0.25, 0.3) is 0 Å². The molecule has 0 radical (unpaired) electrons. The molecular formula is C16H22N2O4S. The van der Waals surface area contributed by atoms with Crippen molar-refractivity contribution in [2.45, 2.75) is 25.7 Å². The van der Waals surface area contributed by atoms with Crippen LogP contribution in [-0.4, -0.2) is 43.9 Å². The van der Waals surface area contributed by atoms with Gasteiger partial charge in [0.15, 0.2) is 5.78 Å². The summed E-state index contributed by atoms with van der Waals surface area (Å²) in [5.74, 6) is -0.431. The number of hydrogen-bond acceptors (Lipinski definition) is 4. The minimum absolute atomic E-state index is 0.0626. The predicted octanol–water partition coefficient (Wildman–Crippen LogP) is 1.18. The van der Waals surface area contributed by atoms with Crippen LogP contribution in [0, 0.1) is 5.92 Å². The number of ketones is 1. The molecule has 0 bridgehead atoms. The van der Waals surface area contributed by atoms with E-state index in [2.05, 4.69) is 0 Å². The molecule has 1 unspecified atom stereocenters. The molecule has 0 saturated carbocycles. The van der Waals surface area contributed by atoms with Gasteiger partial charge in [-0.1, -0.05) is 30.3 Å². The average Bonchev–Trinajstić information content (AvgIpc) is 2.54. The third kappa shape index (κ3) is 5.44. The van der Waals surface area contributed by atoms with E-state index in [0.717, 1.165) is 12.8 Å². The summed E-state index contributed by atoms with van der Waals surface area (Å²) in [5.41, 5.74) is 0.668. The first-order valence-electron chi connectivity index (χ1n) is 7.74. The summed E-state index contributed by atoms with van der Waals surface area (Å²) in [6.45, 7) is 1.02. The molecule has 0 spiro atoms. The van der Waals surface area contributed by atoms with Gasteiger partial charge in [-0.05, 0) is 19.3 Å². The lowest BCUT2D eigenvalue weighted by molar-refractivity contribution is -0.132. The first-order valence-corrected chi connectivity index (χ1v) is 9.46. The van der Waals surface area contributed by atoms with E-state index in [1.165, 1.54) is 0 Å². The zero-order valence-electron chi connectivity index (χ0n) is 13.0. The molecule has 23 heavy (non-hydrogen) atoms. The molecular weight excluding hydrogens is 316 g/mol. The number of rotatable bonds is 6. The number of nitrogens with zero attached hydrogens (tertiary/aromatic N) is 1. The topological polar surface area (TPSA) is 97.5 Å². The number of piperidine rings is 1. The van der Waals surface area contributed by atoms with E-state index in [0.29, 0.717) is 18.7 Å². The van der Waals surface area contributed by atoms with Crippen molar-refractivity contribution in [3.63, 3.8) is 0 Å². The Morgan fingerprint density at radius 1 is 1.22 bits per heavy atom. The van der Waals surface area contributed by atoms with Crippen LogP contribution in [0.4, 0.5) is 0 Å². The third-order valence-corrected chi connectivity index (χ3v) is 4.88. The minimum atomic E-state index is -3.54. The molecule has 1 saturated heterocycles. The van der Waals surface area contributed by atoms with E-state index in [1.54, 1.807) is 17.0 Å². The van der Waals surface area contributed by atoms with Crippen LogP contribution >= 0.6 is 0 Å². The first-order chi connectivity index (χ1) is 10.9. The molecule has 1 heterocycles. The Hall–Kier alpha value is -1.73. The fourth-order valence-corrected chi connectivity index (χ4v) is 3.39. The van der Waals surface area contributed by atoms with Crippen molar-refractivity contribution in [1.29, 1.82) is 0 Å². The molecule has 1 aromatic rings. The van der Waals surface area contributed by atoms with Crippen LogP contribution in [0.3, 0.4) is 0 Å². The zero-order chi connectivity index (χ0) is 16.9. The van der Waals surface area contributed by atoms with Gasteiger partial charge in [-0.15, -0.1) is 0 Å². The molecule has 7 heteroatoms. The molecule has 1 fully saturated rings. The number of nitrogens with two attached hydrogens (primary N) is 1. The van der Waals surface area contributed by atoms with Gasteiger partial charge in [0.1, 0.15) is 0 Å². The standard InChI is InChI=1S/C16H22N2O4S/c17-23(21,22)11-5-9-15(19)18-10-4-8-14(12-18)16(20)13-6-2-1-3-7-13/h1-3,6-7,14H,4-5,8-12H2,(H2,17,21,22). The van der Waals surface area contributed by atoms with Crippen molar-refractivity contribution >= 4 is 21.7 Å². The number of Topliss-reactive ketones (excluding diaryl/α,β-unsaturated/α-hetero) is 1. The number of amides is 1. The normalized spacial score (nSPS) is 18.7. The molecule has 1 aliphatic heterocycles. The highest BCUT2D eigenvalue weighted by atomic mass is 32.2. The second-order valence-electron chi connectivity index (χ2n) is 5.88. The number of hydrogen-bond donors (Lipinski definition) is 1. The highest BCUT2D eigenvalue weighted by molar-refractivity contribution is 7.89. The molecule has 126 valence electrons. The molecule has 2 N–H and O–H groups in total. The molecule has 2 rings (SSSR count). The Morgan fingerprint density at radius 2 is 1.91 bits per heavy atom. The summed E-state index contributed by atoms with van der Waals surface area (Å²) in [7, 11) is -3.54. The molecule has 1 aromatic carbocycles. The lowest BCUT2D eigenvalue weighted by Crippen LogP contribution is -2.42. The number of benzene rings is 1. The lowest BCUT2D eigenvalue weighted by atomic mass is 9.90. The number of carbonyl (C=O) groups excluding carboxylic acids is 2. The second-order valence-corrected chi connectivity index (χ2v) is 7.61. The molecule has 1 amide bonds. The van der Waals surface area contributed by atoms with Gasteiger partial charge in [-0.3, -0.25) is 9.59 Å². The maximum atomic E-state index is 12.5. The Morgan fingerprint density at radius 3 is 2.57 bits per heavy atom. The summed E-state index contributed by atoms with van der Waals surface area (Å²) < 4.78 is 21.8. The van der Waals surface area contributed by atoms with E-state index in [1.807, 2.05) is 18.2 Å². The van der Waals surface area contributed by atoms with E-state index < -0.39 is 10.0 Å². The van der Waals surface area contributed by atoms with Crippen LogP contribution in [0.2, 0.25) is 0 Å². The van der Waals surface area contributed by atoms with Gasteiger partial charge in [-0.2, -0.15) is 0 Å². The molecule has 1 atom stereocenters. The molecule has 0 aliphatic carbocycles. The quantitative estimate of drug-likeness (QED) is 0.787. The van der Waals surface area contributed by atoms with Crippen LogP contribution in [0.25, 0.3) is 0 Å². The minimum Gasteiger partial charge on any atom is -0.342 e. The first kappa shape index (κ1) is 17.6. The Bertz CT molecular complexity index is 658. The zero-order valence-corrected chi connectivity index (χ0v) is 13.8. The van der Waals surface area contributed by atoms with Gasteiger partial charge >= 0.3 is 0 Å². The van der Waals surface area contributed by atoms with E-state index in [9.17, 15) is 18.0 Å². The van der Waals surface area contributed by atoms with Gasteiger partial charge in [-0.25, -0.2) is 13.6 Å². The smallest absolute Gasteiger partial charge is 0.222 e. The fourth-order valence-electron chi connectivity index (χ4n) is 2.84. The third-order valence-electron chi connectivity index (χ3n) is 4.02. The summed E-state index contributed by atoms with van der Waals surface area (Å²) >= 11 is 0. The fraction of sp³-hybridized carbons (Fsp3) is 0.500. The van der Waals surface area contributed by atoms with Crippen molar-refractivity contribution in [3.8, 4) is 0 Å². The number of likely N-dealkylation sites (tertiary alicyclic amines) is 1. The monoisotopic (exact) mass is 338 g/mol. The van der Waals surface area contributed by atoms with Crippen molar-refractivity contribution in [2.75, 3.05) is 18.8 Å². The Kier molecular flexibility index (Phi) is 5.90. The Labute approximate surface area is 136 Å². The van der Waals surface area contributed by atoms with Crippen molar-refractivity contribution in [1.82, 2.24) is 4.90 Å². The Balaban J connectivity index is 1.90.